The maximum atomic E-state index is 10.4. The molecule has 3 nitrogen and oxygen atoms in total. The largest absolute Gasteiger partial charge is 0.435 e. The average Bonchev–Trinajstić information content (AvgIpc) is 1.85. The number of carbonyl (C=O) groups excluding carboxylic acids is 2. The summed E-state index contributed by atoms with van der Waals surface area (Å²) < 4.78 is 4.49. The lowest BCUT2D eigenvalue weighted by Gasteiger charge is -1.90. The summed E-state index contributed by atoms with van der Waals surface area (Å²) in [7, 11) is 0. The van der Waals surface area contributed by atoms with Crippen LogP contribution in [0.1, 0.15) is 26.7 Å². The van der Waals surface area contributed by atoms with Crippen LogP contribution in [-0.4, -0.2) is 11.8 Å². The summed E-state index contributed by atoms with van der Waals surface area (Å²) in [5, 5.41) is 0. The third-order valence-electron chi connectivity index (χ3n) is 0.993. The first-order chi connectivity index (χ1) is 5.13. The van der Waals surface area contributed by atoms with Crippen LogP contribution in [-0.2, 0) is 14.3 Å². The van der Waals surface area contributed by atoms with Crippen molar-refractivity contribution in [2.75, 3.05) is 0 Å². The van der Waals surface area contributed by atoms with Gasteiger partial charge in [-0.25, -0.2) is 0 Å². The highest BCUT2D eigenvalue weighted by molar-refractivity contribution is 5.75. The molecule has 0 N–H and O–H groups in total. The third-order valence-corrected chi connectivity index (χ3v) is 0.993. The molecule has 3 heteroatoms. The molecule has 0 aromatic heterocycles. The summed E-state index contributed by atoms with van der Waals surface area (Å²) >= 11 is 0. The van der Waals surface area contributed by atoms with Gasteiger partial charge in [0, 0.05) is 13.3 Å². The fourth-order valence-corrected chi connectivity index (χ4v) is 0.499. The van der Waals surface area contributed by atoms with Gasteiger partial charge in [0.25, 0.3) is 0 Å². The molecular formula is C8H12O3. The number of ketones is 1. The van der Waals surface area contributed by atoms with Gasteiger partial charge in [0.2, 0.25) is 0 Å². The van der Waals surface area contributed by atoms with E-state index in [4.69, 9.17) is 0 Å². The van der Waals surface area contributed by atoms with Crippen molar-refractivity contribution in [3.05, 3.63) is 12.3 Å². The van der Waals surface area contributed by atoms with Gasteiger partial charge < -0.3 is 9.53 Å². The van der Waals surface area contributed by atoms with Crippen molar-refractivity contribution in [1.82, 2.24) is 0 Å². The van der Waals surface area contributed by atoms with Gasteiger partial charge >= 0.3 is 5.97 Å². The fraction of sp³-hybridized carbons (Fsp3) is 0.500. The van der Waals surface area contributed by atoms with Gasteiger partial charge in [-0.3, -0.25) is 4.79 Å². The highest BCUT2D eigenvalue weighted by Crippen LogP contribution is 1.92. The summed E-state index contributed by atoms with van der Waals surface area (Å²) in [4.78, 5) is 20.6. The van der Waals surface area contributed by atoms with E-state index in [1.54, 1.807) is 6.08 Å². The second kappa shape index (κ2) is 5.65. The smallest absolute Gasteiger partial charge is 0.307 e. The second-order valence-corrected chi connectivity index (χ2v) is 2.22. The first-order valence-corrected chi connectivity index (χ1v) is 3.44. The summed E-state index contributed by atoms with van der Waals surface area (Å²) in [5.74, 6) is -0.207. The van der Waals surface area contributed by atoms with Crippen LogP contribution >= 0.6 is 0 Å². The van der Waals surface area contributed by atoms with E-state index in [1.807, 2.05) is 0 Å². The van der Waals surface area contributed by atoms with Crippen LogP contribution < -0.4 is 0 Å². The minimum Gasteiger partial charge on any atom is -0.435 e. The van der Waals surface area contributed by atoms with E-state index in [1.165, 1.54) is 20.1 Å². The Balaban J connectivity index is 3.30. The number of Topliss-reactive ketones (excluding diaryl/α,β-unsaturated/α-hetero) is 1. The molecule has 0 atom stereocenters. The Bertz CT molecular complexity index is 170. The zero-order chi connectivity index (χ0) is 8.69. The molecule has 0 unspecified atom stereocenters. The lowest BCUT2D eigenvalue weighted by molar-refractivity contribution is -0.135. The molecule has 0 aliphatic rings. The standard InChI is InChI=1S/C8H12O3/c1-7(9)5-3-4-6-11-8(2)10/h4,6H,3,5H2,1-2H3/b6-4+. The molecule has 0 bridgehead atoms. The Morgan fingerprint density at radius 2 is 2.00 bits per heavy atom. The van der Waals surface area contributed by atoms with Crippen LogP contribution in [0, 0.1) is 0 Å². The molecular weight excluding hydrogens is 144 g/mol. The van der Waals surface area contributed by atoms with E-state index in [2.05, 4.69) is 4.74 Å². The van der Waals surface area contributed by atoms with Crippen molar-refractivity contribution in [2.24, 2.45) is 0 Å². The Morgan fingerprint density at radius 1 is 1.36 bits per heavy atom. The lowest BCUT2D eigenvalue weighted by atomic mass is 10.2. The average molecular weight is 156 g/mol. The summed E-state index contributed by atoms with van der Waals surface area (Å²) in [6.45, 7) is 2.86. The minimum absolute atomic E-state index is 0.137. The summed E-state index contributed by atoms with van der Waals surface area (Å²) in [6, 6.07) is 0. The van der Waals surface area contributed by atoms with Gasteiger partial charge in [0.1, 0.15) is 5.78 Å². The number of esters is 1. The number of hydrogen-bond acceptors (Lipinski definition) is 3. The Morgan fingerprint density at radius 3 is 2.45 bits per heavy atom. The molecule has 62 valence electrons. The maximum absolute atomic E-state index is 10.4. The van der Waals surface area contributed by atoms with Crippen LogP contribution in [0.5, 0.6) is 0 Å². The van der Waals surface area contributed by atoms with E-state index in [0.717, 1.165) is 0 Å². The molecule has 0 rings (SSSR count). The molecule has 0 spiro atoms. The van der Waals surface area contributed by atoms with Crippen LogP contribution in [0.2, 0.25) is 0 Å². The Labute approximate surface area is 66.0 Å². The summed E-state index contributed by atoms with van der Waals surface area (Å²) in [5.41, 5.74) is 0. The highest BCUT2D eigenvalue weighted by atomic mass is 16.5. The number of allylic oxidation sites excluding steroid dienone is 1. The van der Waals surface area contributed by atoms with Crippen molar-refractivity contribution < 1.29 is 14.3 Å². The normalized spacial score (nSPS) is 10.0. The number of hydrogen-bond donors (Lipinski definition) is 0. The van der Waals surface area contributed by atoms with Gasteiger partial charge in [-0.2, -0.15) is 0 Å². The number of ether oxygens (including phenoxy) is 1. The van der Waals surface area contributed by atoms with Gasteiger partial charge in [-0.05, 0) is 19.4 Å². The Kier molecular flexibility index (Phi) is 5.07. The fourth-order valence-electron chi connectivity index (χ4n) is 0.499. The summed E-state index contributed by atoms with van der Waals surface area (Å²) in [6.07, 6.45) is 4.09. The van der Waals surface area contributed by atoms with Gasteiger partial charge in [-0.15, -0.1) is 0 Å². The third kappa shape index (κ3) is 8.88. The molecule has 11 heavy (non-hydrogen) atoms. The highest BCUT2D eigenvalue weighted by Gasteiger charge is 1.89. The van der Waals surface area contributed by atoms with E-state index in [9.17, 15) is 9.59 Å². The Hall–Kier alpha value is -1.12. The van der Waals surface area contributed by atoms with Crippen LogP contribution in [0.4, 0.5) is 0 Å². The zero-order valence-electron chi connectivity index (χ0n) is 6.79. The van der Waals surface area contributed by atoms with Gasteiger partial charge in [-0.1, -0.05) is 0 Å². The number of carbonyl (C=O) groups is 2. The minimum atomic E-state index is -0.343. The van der Waals surface area contributed by atoms with Crippen molar-refractivity contribution >= 4 is 11.8 Å². The van der Waals surface area contributed by atoms with Crippen molar-refractivity contribution in [1.29, 1.82) is 0 Å². The first kappa shape index (κ1) is 9.88. The lowest BCUT2D eigenvalue weighted by Crippen LogP contribution is -1.90. The van der Waals surface area contributed by atoms with E-state index in [-0.39, 0.29) is 11.8 Å². The molecule has 0 aliphatic carbocycles. The molecule has 0 radical (unpaired) electrons. The SMILES string of the molecule is CC(=O)CC/C=C/OC(C)=O. The van der Waals surface area contributed by atoms with E-state index in [0.29, 0.717) is 12.8 Å². The molecule has 0 aromatic carbocycles. The van der Waals surface area contributed by atoms with Crippen molar-refractivity contribution in [3.8, 4) is 0 Å². The molecule has 0 aromatic rings. The van der Waals surface area contributed by atoms with Crippen molar-refractivity contribution in [3.63, 3.8) is 0 Å². The van der Waals surface area contributed by atoms with Gasteiger partial charge in [0.05, 0.1) is 6.26 Å². The molecule has 0 aliphatic heterocycles. The molecule has 0 saturated heterocycles. The molecule has 0 heterocycles. The first-order valence-electron chi connectivity index (χ1n) is 3.44. The van der Waals surface area contributed by atoms with Gasteiger partial charge in [0.15, 0.2) is 0 Å². The van der Waals surface area contributed by atoms with E-state index < -0.39 is 0 Å². The molecule has 0 amide bonds. The monoisotopic (exact) mass is 156 g/mol. The maximum Gasteiger partial charge on any atom is 0.307 e. The predicted octanol–water partition coefficient (Wildman–Crippen LogP) is 1.43. The second-order valence-electron chi connectivity index (χ2n) is 2.22. The van der Waals surface area contributed by atoms with Crippen LogP contribution in [0.15, 0.2) is 12.3 Å². The van der Waals surface area contributed by atoms with Crippen LogP contribution in [0.25, 0.3) is 0 Å². The van der Waals surface area contributed by atoms with Crippen LogP contribution in [0.3, 0.4) is 0 Å². The van der Waals surface area contributed by atoms with Crippen molar-refractivity contribution in [2.45, 2.75) is 26.7 Å². The van der Waals surface area contributed by atoms with E-state index >= 15 is 0 Å². The zero-order valence-corrected chi connectivity index (χ0v) is 6.79. The predicted molar refractivity (Wildman–Crippen MR) is 40.8 cm³/mol. The quantitative estimate of drug-likeness (QED) is 0.457. The molecule has 0 fully saturated rings. The topological polar surface area (TPSA) is 43.4 Å². The molecule has 0 saturated carbocycles. The number of rotatable bonds is 4.